The molecule has 0 bridgehead atoms. The summed E-state index contributed by atoms with van der Waals surface area (Å²) in [4.78, 5) is 15.9. The van der Waals surface area contributed by atoms with Crippen LogP contribution in [0, 0.1) is 33.6 Å². The van der Waals surface area contributed by atoms with Crippen LogP contribution in [0.4, 0.5) is 11.6 Å². The van der Waals surface area contributed by atoms with Crippen molar-refractivity contribution in [3.05, 3.63) is 47.0 Å². The Bertz CT molecular complexity index is 1290. The Balaban J connectivity index is 1.82. The van der Waals surface area contributed by atoms with Gasteiger partial charge in [-0.25, -0.2) is 9.97 Å². The minimum absolute atomic E-state index is 0.132. The molecular formula is C24H32N8O. The van der Waals surface area contributed by atoms with Crippen molar-refractivity contribution in [3.8, 4) is 11.1 Å². The summed E-state index contributed by atoms with van der Waals surface area (Å²) in [6, 6.07) is 3.95. The minimum Gasteiger partial charge on any atom is -0.363 e. The maximum absolute atomic E-state index is 5.51. The average molecular weight is 449 g/mol. The first-order chi connectivity index (χ1) is 15.6. The number of nitrogens with zero attached hydrogens (tertiary/aromatic N) is 7. The van der Waals surface area contributed by atoms with Crippen LogP contribution in [0.2, 0.25) is 0 Å². The summed E-state index contributed by atoms with van der Waals surface area (Å²) in [5.74, 6) is 3.39. The minimum atomic E-state index is -0.132. The quantitative estimate of drug-likeness (QED) is 0.435. The normalized spacial score (nSPS) is 12.5. The maximum atomic E-state index is 5.51. The van der Waals surface area contributed by atoms with E-state index in [4.69, 9.17) is 14.6 Å². The largest absolute Gasteiger partial charge is 0.363 e. The molecule has 0 amide bonds. The third kappa shape index (κ3) is 4.53. The molecule has 0 unspecified atom stereocenters. The van der Waals surface area contributed by atoms with E-state index in [-0.39, 0.29) is 6.04 Å². The molecule has 4 heterocycles. The first kappa shape index (κ1) is 22.7. The molecule has 0 fully saturated rings. The molecule has 0 saturated heterocycles. The highest BCUT2D eigenvalue weighted by Crippen LogP contribution is 2.33. The van der Waals surface area contributed by atoms with Crippen LogP contribution >= 0.6 is 0 Å². The Kier molecular flexibility index (Phi) is 6.05. The summed E-state index contributed by atoms with van der Waals surface area (Å²) in [6.45, 7) is 12.3. The lowest BCUT2D eigenvalue weighted by molar-refractivity contribution is 0.342. The smallest absolute Gasteiger partial charge is 0.249 e. The van der Waals surface area contributed by atoms with E-state index >= 15 is 0 Å². The van der Waals surface area contributed by atoms with E-state index in [1.165, 1.54) is 0 Å². The van der Waals surface area contributed by atoms with Gasteiger partial charge in [-0.1, -0.05) is 19.0 Å². The second-order valence-corrected chi connectivity index (χ2v) is 9.24. The molecule has 0 aliphatic heterocycles. The van der Waals surface area contributed by atoms with Gasteiger partial charge in [-0.3, -0.25) is 0 Å². The summed E-state index contributed by atoms with van der Waals surface area (Å²) in [7, 11) is 3.98. The number of hydrogen-bond acceptors (Lipinski definition) is 8. The van der Waals surface area contributed by atoms with Crippen molar-refractivity contribution < 1.29 is 4.52 Å². The zero-order valence-electron chi connectivity index (χ0n) is 20.6. The molecule has 4 aromatic rings. The zero-order chi connectivity index (χ0) is 23.9. The number of aryl methyl sites for hydroxylation is 4. The third-order valence-electron chi connectivity index (χ3n) is 5.59. The fraction of sp³-hybridized carbons (Fsp3) is 0.458. The standard InChI is InChI=1S/C24H32N8O/c1-13(2)9-19(24-27-17(6)30-33-24)28-21-11-15(4)26-23-22(16(5)29-32(21)23)18-12-25-20(31(7)8)10-14(18)3/h10-13,19,28H,9H2,1-8H3/t19-/m1/s1. The molecule has 174 valence electrons. The van der Waals surface area contributed by atoms with Gasteiger partial charge in [0.25, 0.3) is 0 Å². The molecule has 1 atom stereocenters. The van der Waals surface area contributed by atoms with Gasteiger partial charge in [0.2, 0.25) is 5.89 Å². The first-order valence-corrected chi connectivity index (χ1v) is 11.2. The number of nitrogens with one attached hydrogen (secondary N) is 1. The third-order valence-corrected chi connectivity index (χ3v) is 5.59. The molecule has 33 heavy (non-hydrogen) atoms. The van der Waals surface area contributed by atoms with Crippen molar-refractivity contribution in [2.24, 2.45) is 5.92 Å². The van der Waals surface area contributed by atoms with Gasteiger partial charge in [0.15, 0.2) is 11.5 Å². The van der Waals surface area contributed by atoms with E-state index in [2.05, 4.69) is 47.3 Å². The summed E-state index contributed by atoms with van der Waals surface area (Å²) in [6.07, 6.45) is 2.75. The van der Waals surface area contributed by atoms with E-state index < -0.39 is 0 Å². The Labute approximate surface area is 194 Å². The highest BCUT2D eigenvalue weighted by Gasteiger charge is 2.23. The van der Waals surface area contributed by atoms with Crippen LogP contribution in [0.1, 0.15) is 55.0 Å². The predicted molar refractivity (Wildman–Crippen MR) is 130 cm³/mol. The van der Waals surface area contributed by atoms with Gasteiger partial charge >= 0.3 is 0 Å². The molecule has 1 N–H and O–H groups in total. The SMILES string of the molecule is Cc1cc(N[C@H](CC(C)C)c2nc(C)no2)n2nc(C)c(-c3cnc(N(C)C)cc3C)c2n1. The topological polar surface area (TPSA) is 97.3 Å². The second-order valence-electron chi connectivity index (χ2n) is 9.24. The molecule has 0 aliphatic carbocycles. The lowest BCUT2D eigenvalue weighted by Gasteiger charge is -2.19. The van der Waals surface area contributed by atoms with Crippen molar-refractivity contribution in [1.29, 1.82) is 0 Å². The lowest BCUT2D eigenvalue weighted by Crippen LogP contribution is -2.16. The molecule has 4 aromatic heterocycles. The van der Waals surface area contributed by atoms with Crippen LogP contribution < -0.4 is 10.2 Å². The van der Waals surface area contributed by atoms with Gasteiger partial charge in [-0.15, -0.1) is 0 Å². The fourth-order valence-corrected chi connectivity index (χ4v) is 4.04. The summed E-state index contributed by atoms with van der Waals surface area (Å²) in [5, 5.41) is 12.4. The highest BCUT2D eigenvalue weighted by molar-refractivity contribution is 5.83. The predicted octanol–water partition coefficient (Wildman–Crippen LogP) is 4.67. The molecule has 0 aliphatic rings. The molecule has 0 radical (unpaired) electrons. The van der Waals surface area contributed by atoms with Crippen LogP contribution in [0.3, 0.4) is 0 Å². The molecule has 0 aromatic carbocycles. The number of pyridine rings is 1. The van der Waals surface area contributed by atoms with E-state index in [0.717, 1.165) is 51.8 Å². The van der Waals surface area contributed by atoms with Crippen molar-refractivity contribution >= 4 is 17.3 Å². The van der Waals surface area contributed by atoms with Gasteiger partial charge in [0.05, 0.1) is 11.3 Å². The molecular weight excluding hydrogens is 416 g/mol. The molecule has 0 saturated carbocycles. The van der Waals surface area contributed by atoms with Crippen LogP contribution in [-0.4, -0.2) is 43.8 Å². The van der Waals surface area contributed by atoms with Crippen LogP contribution in [0.25, 0.3) is 16.8 Å². The van der Waals surface area contributed by atoms with Gasteiger partial charge in [0.1, 0.15) is 17.7 Å². The van der Waals surface area contributed by atoms with Crippen molar-refractivity contribution in [2.45, 2.75) is 54.0 Å². The van der Waals surface area contributed by atoms with E-state index in [0.29, 0.717) is 17.6 Å². The molecule has 4 rings (SSSR count). The van der Waals surface area contributed by atoms with Gasteiger partial charge in [-0.2, -0.15) is 14.6 Å². The number of rotatable bonds is 7. The summed E-state index contributed by atoms with van der Waals surface area (Å²) >= 11 is 0. The monoisotopic (exact) mass is 448 g/mol. The lowest BCUT2D eigenvalue weighted by atomic mass is 10.0. The highest BCUT2D eigenvalue weighted by atomic mass is 16.5. The molecule has 9 heteroatoms. The Morgan fingerprint density at radius 2 is 1.85 bits per heavy atom. The van der Waals surface area contributed by atoms with Gasteiger partial charge in [-0.05, 0) is 51.7 Å². The Hall–Kier alpha value is -3.49. The summed E-state index contributed by atoms with van der Waals surface area (Å²) in [5.41, 5.74) is 5.74. The number of anilines is 2. The van der Waals surface area contributed by atoms with E-state index in [1.54, 1.807) is 0 Å². The van der Waals surface area contributed by atoms with Crippen molar-refractivity contribution in [1.82, 2.24) is 29.7 Å². The molecule has 9 nitrogen and oxygen atoms in total. The average Bonchev–Trinajstić information content (AvgIpc) is 3.30. The van der Waals surface area contributed by atoms with Crippen molar-refractivity contribution in [2.75, 3.05) is 24.3 Å². The van der Waals surface area contributed by atoms with Crippen LogP contribution in [-0.2, 0) is 0 Å². The Morgan fingerprint density at radius 1 is 1.09 bits per heavy atom. The van der Waals surface area contributed by atoms with Gasteiger partial charge < -0.3 is 14.7 Å². The van der Waals surface area contributed by atoms with Crippen molar-refractivity contribution in [3.63, 3.8) is 0 Å². The van der Waals surface area contributed by atoms with Gasteiger partial charge in [0, 0.05) is 37.6 Å². The van der Waals surface area contributed by atoms with Crippen LogP contribution in [0.5, 0.6) is 0 Å². The molecule has 0 spiro atoms. The Morgan fingerprint density at radius 3 is 2.45 bits per heavy atom. The fourth-order valence-electron chi connectivity index (χ4n) is 4.04. The van der Waals surface area contributed by atoms with Crippen LogP contribution in [0.15, 0.2) is 22.9 Å². The number of aromatic nitrogens is 6. The number of hydrogen-bond donors (Lipinski definition) is 1. The first-order valence-electron chi connectivity index (χ1n) is 11.2. The number of fused-ring (bicyclic) bond motifs is 1. The summed E-state index contributed by atoms with van der Waals surface area (Å²) < 4.78 is 7.37. The van der Waals surface area contributed by atoms with E-state index in [9.17, 15) is 0 Å². The van der Waals surface area contributed by atoms with E-state index in [1.807, 2.05) is 56.5 Å². The maximum Gasteiger partial charge on any atom is 0.249 e. The second kappa shape index (κ2) is 8.80. The zero-order valence-corrected chi connectivity index (χ0v) is 20.6.